The number of carboxylic acid groups (broad SMARTS) is 1. The fourth-order valence-electron chi connectivity index (χ4n) is 6.96. The smallest absolute Gasteiger partial charge is 0.411 e. The molecule has 2 N–H and O–H groups in total. The van der Waals surface area contributed by atoms with Crippen molar-refractivity contribution in [2.75, 3.05) is 44.1 Å². The number of sulfonamides is 1. The average Bonchev–Trinajstić information content (AvgIpc) is 3.23. The van der Waals surface area contributed by atoms with Crippen molar-refractivity contribution >= 4 is 39.1 Å². The zero-order chi connectivity index (χ0) is 36.0. The number of ether oxygens (including phenoxy) is 3. The minimum Gasteiger partial charge on any atom is -0.490 e. The first-order valence-corrected chi connectivity index (χ1v) is 18.6. The Hall–Kier alpha value is -4.91. The molecular weight excluding hydrogens is 671 g/mol. The topological polar surface area (TPSA) is 135 Å². The maximum absolute atomic E-state index is 14.6. The van der Waals surface area contributed by atoms with Crippen molar-refractivity contribution in [2.45, 2.75) is 49.6 Å². The fourth-order valence-corrected chi connectivity index (χ4v) is 8.57. The average molecular weight is 714 g/mol. The van der Waals surface area contributed by atoms with E-state index in [4.69, 9.17) is 14.2 Å². The number of benzene rings is 4. The summed E-state index contributed by atoms with van der Waals surface area (Å²) in [6.07, 6.45) is 4.38. The second-order valence-corrected chi connectivity index (χ2v) is 14.8. The minimum absolute atomic E-state index is 0.00891. The van der Waals surface area contributed by atoms with Gasteiger partial charge in [-0.15, -0.1) is 0 Å². The van der Waals surface area contributed by atoms with E-state index in [1.807, 2.05) is 60.7 Å². The molecule has 0 radical (unpaired) electrons. The number of carboxylic acids is 1. The number of nitrogens with zero attached hydrogens (tertiary/aromatic N) is 2. The number of carbonyl (C=O) groups excluding carboxylic acids is 1. The first-order valence-electron chi connectivity index (χ1n) is 17.1. The molecule has 0 unspecified atom stereocenters. The van der Waals surface area contributed by atoms with Gasteiger partial charge in [-0.2, -0.15) is 4.31 Å². The molecule has 12 heteroatoms. The summed E-state index contributed by atoms with van der Waals surface area (Å²) in [5, 5.41) is 12.7. The molecule has 1 aliphatic carbocycles. The standard InChI is InChI=1S/C39H43N3O8S/c1-41-35(28-14-8-4-9-15-28)25-42(30-16-10-5-11-17-30)34-24-36(49-21-20-48-2)31(23-37(34)51(41,46)47)29-18-19-33(32(22-29)38(43)44)40-39(45)50-26-27-12-6-3-7-13-27/h3,5-7,10-13,16-19,22-24,28,35H,4,8-9,14-15,20-21,25-26H2,1-2H3,(H,40,45)(H,43,44)/t35-/m0/s1. The monoisotopic (exact) mass is 713 g/mol. The van der Waals surface area contributed by atoms with Crippen LogP contribution in [-0.4, -0.2) is 69.8 Å². The van der Waals surface area contributed by atoms with Gasteiger partial charge in [0.15, 0.2) is 0 Å². The first-order chi connectivity index (χ1) is 24.7. The lowest BCUT2D eigenvalue weighted by molar-refractivity contribution is 0.0698. The zero-order valence-electron chi connectivity index (χ0n) is 28.8. The van der Waals surface area contributed by atoms with Gasteiger partial charge in [-0.05, 0) is 60.2 Å². The SMILES string of the molecule is COCCOc1cc2c(cc1-c1ccc(NC(=O)OCc3ccccc3)c(C(=O)O)c1)S(=O)(=O)N(C)[C@H](C1CCCCC1)CN2c1ccccc1. The largest absolute Gasteiger partial charge is 0.490 e. The van der Waals surface area contributed by atoms with E-state index in [0.29, 0.717) is 29.1 Å². The summed E-state index contributed by atoms with van der Waals surface area (Å²) in [6, 6.07) is 26.4. The number of hydrogen-bond acceptors (Lipinski definition) is 8. The molecule has 268 valence electrons. The number of rotatable bonds is 11. The summed E-state index contributed by atoms with van der Waals surface area (Å²) in [4.78, 5) is 27.3. The number of likely N-dealkylation sites (N-methyl/N-ethyl adjacent to an activating group) is 1. The highest BCUT2D eigenvalue weighted by molar-refractivity contribution is 7.89. The summed E-state index contributed by atoms with van der Waals surface area (Å²) in [6.45, 7) is 0.912. The van der Waals surface area contributed by atoms with Gasteiger partial charge in [0, 0.05) is 44.1 Å². The lowest BCUT2D eigenvalue weighted by Gasteiger charge is -2.36. The zero-order valence-corrected chi connectivity index (χ0v) is 29.6. The van der Waals surface area contributed by atoms with Gasteiger partial charge in [0.1, 0.15) is 23.9 Å². The van der Waals surface area contributed by atoms with Crippen LogP contribution in [0.1, 0.15) is 48.0 Å². The van der Waals surface area contributed by atoms with Gasteiger partial charge in [0.25, 0.3) is 0 Å². The van der Waals surface area contributed by atoms with Gasteiger partial charge in [0.05, 0.1) is 23.5 Å². The lowest BCUT2D eigenvalue weighted by atomic mass is 9.83. The molecule has 4 aromatic rings. The molecule has 1 heterocycles. The van der Waals surface area contributed by atoms with Crippen molar-refractivity contribution in [3.8, 4) is 16.9 Å². The van der Waals surface area contributed by atoms with Crippen LogP contribution in [-0.2, 0) is 26.1 Å². The quantitative estimate of drug-likeness (QED) is 0.151. The number of carbonyl (C=O) groups is 2. The molecular formula is C39H43N3O8S. The number of nitrogens with one attached hydrogen (secondary N) is 1. The van der Waals surface area contributed by atoms with Gasteiger partial charge >= 0.3 is 12.1 Å². The van der Waals surface area contributed by atoms with Crippen molar-refractivity contribution < 1.29 is 37.3 Å². The predicted octanol–water partition coefficient (Wildman–Crippen LogP) is 7.55. The van der Waals surface area contributed by atoms with Crippen molar-refractivity contribution in [1.29, 1.82) is 0 Å². The van der Waals surface area contributed by atoms with Crippen molar-refractivity contribution in [3.63, 3.8) is 0 Å². The summed E-state index contributed by atoms with van der Waals surface area (Å²) >= 11 is 0. The summed E-state index contributed by atoms with van der Waals surface area (Å²) in [5.74, 6) is -0.724. The van der Waals surface area contributed by atoms with E-state index < -0.39 is 22.1 Å². The Kier molecular flexibility index (Phi) is 11.2. The molecule has 0 bridgehead atoms. The molecule has 1 atom stereocenters. The fraction of sp³-hybridized carbons (Fsp3) is 0.333. The predicted molar refractivity (Wildman–Crippen MR) is 195 cm³/mol. The summed E-state index contributed by atoms with van der Waals surface area (Å²) in [7, 11) is -0.808. The molecule has 6 rings (SSSR count). The molecule has 11 nitrogen and oxygen atoms in total. The molecule has 0 aromatic heterocycles. The number of methoxy groups -OCH3 is 1. The molecule has 4 aromatic carbocycles. The van der Waals surface area contributed by atoms with Crippen LogP contribution in [0.3, 0.4) is 0 Å². The Labute approximate surface area is 298 Å². The normalized spacial score (nSPS) is 17.6. The molecule has 1 aliphatic heterocycles. The van der Waals surface area contributed by atoms with Crippen LogP contribution in [0, 0.1) is 5.92 Å². The highest BCUT2D eigenvalue weighted by Crippen LogP contribution is 2.46. The molecule has 1 saturated carbocycles. The van der Waals surface area contributed by atoms with Crippen LogP contribution < -0.4 is 15.0 Å². The van der Waals surface area contributed by atoms with Gasteiger partial charge in [0.2, 0.25) is 10.0 Å². The Morgan fingerprint density at radius 3 is 2.29 bits per heavy atom. The minimum atomic E-state index is -4.03. The molecule has 1 amide bonds. The van der Waals surface area contributed by atoms with E-state index >= 15 is 0 Å². The number of hydrogen-bond donors (Lipinski definition) is 2. The molecule has 2 aliphatic rings. The van der Waals surface area contributed by atoms with E-state index in [1.165, 1.54) is 16.4 Å². The van der Waals surface area contributed by atoms with E-state index in [9.17, 15) is 23.1 Å². The van der Waals surface area contributed by atoms with Crippen LogP contribution in [0.4, 0.5) is 21.9 Å². The second-order valence-electron chi connectivity index (χ2n) is 12.8. The van der Waals surface area contributed by atoms with E-state index in [1.54, 1.807) is 32.4 Å². The van der Waals surface area contributed by atoms with Crippen molar-refractivity contribution in [1.82, 2.24) is 4.31 Å². The number of amides is 1. The second kappa shape index (κ2) is 16.0. The van der Waals surface area contributed by atoms with E-state index in [2.05, 4.69) is 10.2 Å². The third-order valence-corrected chi connectivity index (χ3v) is 11.6. The summed E-state index contributed by atoms with van der Waals surface area (Å²) in [5.41, 5.74) is 2.70. The van der Waals surface area contributed by atoms with E-state index in [0.717, 1.165) is 43.4 Å². The third kappa shape index (κ3) is 8.03. The van der Waals surface area contributed by atoms with E-state index in [-0.39, 0.29) is 47.9 Å². The summed E-state index contributed by atoms with van der Waals surface area (Å²) < 4.78 is 47.5. The van der Waals surface area contributed by atoms with Gasteiger partial charge in [-0.25, -0.2) is 18.0 Å². The Morgan fingerprint density at radius 1 is 0.902 bits per heavy atom. The molecule has 0 saturated heterocycles. The van der Waals surface area contributed by atoms with Crippen molar-refractivity contribution in [3.05, 3.63) is 102 Å². The maximum atomic E-state index is 14.6. The molecule has 1 fully saturated rings. The number of aromatic carboxylic acids is 1. The number of fused-ring (bicyclic) bond motifs is 1. The Bertz CT molecular complexity index is 1950. The Morgan fingerprint density at radius 2 is 1.61 bits per heavy atom. The van der Waals surface area contributed by atoms with Crippen LogP contribution in [0.25, 0.3) is 11.1 Å². The van der Waals surface area contributed by atoms with Gasteiger partial charge in [-0.1, -0.05) is 73.9 Å². The highest BCUT2D eigenvalue weighted by atomic mass is 32.2. The number of anilines is 3. The highest BCUT2D eigenvalue weighted by Gasteiger charge is 2.41. The van der Waals surface area contributed by atoms with Crippen LogP contribution in [0.15, 0.2) is 95.9 Å². The van der Waals surface area contributed by atoms with Gasteiger partial charge in [-0.3, -0.25) is 5.32 Å². The van der Waals surface area contributed by atoms with Crippen molar-refractivity contribution in [2.24, 2.45) is 5.92 Å². The van der Waals surface area contributed by atoms with Crippen LogP contribution in [0.2, 0.25) is 0 Å². The molecule has 0 spiro atoms. The molecule has 51 heavy (non-hydrogen) atoms. The number of para-hydroxylation sites is 1. The van der Waals surface area contributed by atoms with Gasteiger partial charge < -0.3 is 24.2 Å². The maximum Gasteiger partial charge on any atom is 0.411 e. The Balaban J connectivity index is 1.43. The van der Waals surface area contributed by atoms with Crippen LogP contribution >= 0.6 is 0 Å². The van der Waals surface area contributed by atoms with Crippen LogP contribution in [0.5, 0.6) is 5.75 Å². The third-order valence-electron chi connectivity index (χ3n) is 9.66. The first kappa shape index (κ1) is 35.9. The lowest BCUT2D eigenvalue weighted by Crippen LogP contribution is -2.46.